The molecule has 5 heteroatoms. The zero-order valence-electron chi connectivity index (χ0n) is 14.6. The second kappa shape index (κ2) is 8.60. The average molecular weight is 331 g/mol. The van der Waals surface area contributed by atoms with E-state index < -0.39 is 0 Å². The molecule has 2 aliphatic rings. The predicted molar refractivity (Wildman–Crippen MR) is 94.7 cm³/mol. The molecular weight excluding hydrogens is 302 g/mol. The Kier molecular flexibility index (Phi) is 6.24. The molecule has 2 heterocycles. The van der Waals surface area contributed by atoms with Crippen LogP contribution in [0.3, 0.4) is 0 Å². The van der Waals surface area contributed by atoms with Gasteiger partial charge in [-0.15, -0.1) is 0 Å². The van der Waals surface area contributed by atoms with Crippen LogP contribution in [0, 0.1) is 0 Å². The quantitative estimate of drug-likeness (QED) is 0.858. The van der Waals surface area contributed by atoms with Gasteiger partial charge in [0, 0.05) is 45.9 Å². The fourth-order valence-corrected chi connectivity index (χ4v) is 3.48. The van der Waals surface area contributed by atoms with Crippen LogP contribution in [-0.2, 0) is 16.1 Å². The Balaban J connectivity index is 1.39. The summed E-state index contributed by atoms with van der Waals surface area (Å²) in [7, 11) is 0. The molecule has 0 bridgehead atoms. The lowest BCUT2D eigenvalue weighted by Gasteiger charge is -2.37. The maximum atomic E-state index is 12.3. The standard InChI is InChI=1S/C19H29N3O2/c1-16(19(23)20-14-18-8-5-13-24-18)22-11-9-21(10-12-22)15-17-6-3-2-4-7-17/h2-4,6-7,16,18H,5,8-15H2,1H3,(H,20,23). The minimum Gasteiger partial charge on any atom is -0.376 e. The summed E-state index contributed by atoms with van der Waals surface area (Å²) in [6.45, 7) is 8.40. The maximum absolute atomic E-state index is 12.3. The highest BCUT2D eigenvalue weighted by Gasteiger charge is 2.26. The number of hydrogen-bond acceptors (Lipinski definition) is 4. The molecule has 2 aliphatic heterocycles. The van der Waals surface area contributed by atoms with Crippen molar-refractivity contribution in [2.24, 2.45) is 0 Å². The van der Waals surface area contributed by atoms with Gasteiger partial charge in [-0.3, -0.25) is 14.6 Å². The number of hydrogen-bond donors (Lipinski definition) is 1. The lowest BCUT2D eigenvalue weighted by Crippen LogP contribution is -2.54. The SMILES string of the molecule is CC(C(=O)NCC1CCCO1)N1CCN(Cc2ccccc2)CC1. The van der Waals surface area contributed by atoms with E-state index in [4.69, 9.17) is 4.74 Å². The summed E-state index contributed by atoms with van der Waals surface area (Å²) in [6, 6.07) is 10.5. The molecule has 0 radical (unpaired) electrons. The third-order valence-corrected chi connectivity index (χ3v) is 5.11. The van der Waals surface area contributed by atoms with Crippen molar-refractivity contribution in [3.05, 3.63) is 35.9 Å². The first kappa shape index (κ1) is 17.4. The van der Waals surface area contributed by atoms with Crippen LogP contribution >= 0.6 is 0 Å². The smallest absolute Gasteiger partial charge is 0.237 e. The second-order valence-electron chi connectivity index (χ2n) is 6.85. The van der Waals surface area contributed by atoms with Crippen LogP contribution in [0.5, 0.6) is 0 Å². The lowest BCUT2D eigenvalue weighted by molar-refractivity contribution is -0.127. The number of piperazine rings is 1. The van der Waals surface area contributed by atoms with Gasteiger partial charge in [0.1, 0.15) is 0 Å². The van der Waals surface area contributed by atoms with Gasteiger partial charge in [0.05, 0.1) is 12.1 Å². The Bertz CT molecular complexity index is 509. The zero-order chi connectivity index (χ0) is 16.8. The first-order valence-corrected chi connectivity index (χ1v) is 9.12. The largest absolute Gasteiger partial charge is 0.376 e. The first-order chi connectivity index (χ1) is 11.7. The molecular formula is C19H29N3O2. The Hall–Kier alpha value is -1.43. The number of benzene rings is 1. The molecule has 1 aromatic carbocycles. The van der Waals surface area contributed by atoms with Crippen molar-refractivity contribution >= 4 is 5.91 Å². The van der Waals surface area contributed by atoms with E-state index in [9.17, 15) is 4.79 Å². The van der Waals surface area contributed by atoms with Crippen LogP contribution in [0.4, 0.5) is 0 Å². The highest BCUT2D eigenvalue weighted by Crippen LogP contribution is 2.12. The van der Waals surface area contributed by atoms with E-state index in [0.29, 0.717) is 6.54 Å². The first-order valence-electron chi connectivity index (χ1n) is 9.12. The van der Waals surface area contributed by atoms with Gasteiger partial charge in [0.25, 0.3) is 0 Å². The number of carbonyl (C=O) groups is 1. The molecule has 5 nitrogen and oxygen atoms in total. The van der Waals surface area contributed by atoms with Gasteiger partial charge in [-0.1, -0.05) is 30.3 Å². The van der Waals surface area contributed by atoms with Crippen LogP contribution in [0.2, 0.25) is 0 Å². The number of ether oxygens (including phenoxy) is 1. The molecule has 0 aliphatic carbocycles. The van der Waals surface area contributed by atoms with E-state index >= 15 is 0 Å². The zero-order valence-corrected chi connectivity index (χ0v) is 14.6. The summed E-state index contributed by atoms with van der Waals surface area (Å²) in [6.07, 6.45) is 2.38. The van der Waals surface area contributed by atoms with Gasteiger partial charge in [-0.05, 0) is 25.3 Å². The van der Waals surface area contributed by atoms with Gasteiger partial charge >= 0.3 is 0 Å². The van der Waals surface area contributed by atoms with Crippen LogP contribution in [-0.4, -0.2) is 67.2 Å². The number of nitrogens with zero attached hydrogens (tertiary/aromatic N) is 2. The Labute approximate surface area is 145 Å². The Morgan fingerprint density at radius 2 is 2.00 bits per heavy atom. The molecule has 0 spiro atoms. The molecule has 2 atom stereocenters. The second-order valence-corrected chi connectivity index (χ2v) is 6.85. The van der Waals surface area contributed by atoms with Crippen molar-refractivity contribution < 1.29 is 9.53 Å². The van der Waals surface area contributed by atoms with E-state index in [-0.39, 0.29) is 18.1 Å². The van der Waals surface area contributed by atoms with E-state index in [0.717, 1.165) is 52.2 Å². The molecule has 1 amide bonds. The number of carbonyl (C=O) groups excluding carboxylic acids is 1. The molecule has 132 valence electrons. The molecule has 0 aromatic heterocycles. The molecule has 1 aromatic rings. The molecule has 0 saturated carbocycles. The number of amides is 1. The van der Waals surface area contributed by atoms with Crippen molar-refractivity contribution in [1.29, 1.82) is 0 Å². The maximum Gasteiger partial charge on any atom is 0.237 e. The van der Waals surface area contributed by atoms with Crippen molar-refractivity contribution in [3.8, 4) is 0 Å². The predicted octanol–water partition coefficient (Wildman–Crippen LogP) is 1.49. The number of rotatable bonds is 6. The average Bonchev–Trinajstić information content (AvgIpc) is 3.14. The Morgan fingerprint density at radius 3 is 2.67 bits per heavy atom. The molecule has 2 unspecified atom stereocenters. The normalized spacial score (nSPS) is 24.0. The molecule has 2 saturated heterocycles. The van der Waals surface area contributed by atoms with Gasteiger partial charge < -0.3 is 10.1 Å². The topological polar surface area (TPSA) is 44.8 Å². The summed E-state index contributed by atoms with van der Waals surface area (Å²) < 4.78 is 5.56. The summed E-state index contributed by atoms with van der Waals surface area (Å²) in [5.74, 6) is 0.127. The summed E-state index contributed by atoms with van der Waals surface area (Å²) in [5, 5.41) is 3.05. The Morgan fingerprint density at radius 1 is 1.25 bits per heavy atom. The van der Waals surface area contributed by atoms with Crippen molar-refractivity contribution in [2.45, 2.75) is 38.5 Å². The third kappa shape index (κ3) is 4.79. The van der Waals surface area contributed by atoms with E-state index in [2.05, 4.69) is 45.4 Å². The van der Waals surface area contributed by atoms with Crippen molar-refractivity contribution in [1.82, 2.24) is 15.1 Å². The molecule has 2 fully saturated rings. The van der Waals surface area contributed by atoms with E-state index in [1.54, 1.807) is 0 Å². The van der Waals surface area contributed by atoms with Crippen molar-refractivity contribution in [3.63, 3.8) is 0 Å². The minimum absolute atomic E-state index is 0.0646. The minimum atomic E-state index is -0.0646. The van der Waals surface area contributed by atoms with Crippen LogP contribution < -0.4 is 5.32 Å². The van der Waals surface area contributed by atoms with Crippen LogP contribution in [0.25, 0.3) is 0 Å². The fraction of sp³-hybridized carbons (Fsp3) is 0.632. The van der Waals surface area contributed by atoms with Crippen LogP contribution in [0.1, 0.15) is 25.3 Å². The third-order valence-electron chi connectivity index (χ3n) is 5.11. The van der Waals surface area contributed by atoms with Gasteiger partial charge in [-0.2, -0.15) is 0 Å². The molecule has 3 rings (SSSR count). The summed E-state index contributed by atoms with van der Waals surface area (Å²) in [4.78, 5) is 17.1. The summed E-state index contributed by atoms with van der Waals surface area (Å²) >= 11 is 0. The van der Waals surface area contributed by atoms with Gasteiger partial charge in [0.2, 0.25) is 5.91 Å². The van der Waals surface area contributed by atoms with Gasteiger partial charge in [0.15, 0.2) is 0 Å². The lowest BCUT2D eigenvalue weighted by atomic mass is 10.1. The van der Waals surface area contributed by atoms with E-state index in [1.165, 1.54) is 5.56 Å². The molecule has 1 N–H and O–H groups in total. The summed E-state index contributed by atoms with van der Waals surface area (Å²) in [5.41, 5.74) is 1.35. The highest BCUT2D eigenvalue weighted by molar-refractivity contribution is 5.81. The highest BCUT2D eigenvalue weighted by atomic mass is 16.5. The van der Waals surface area contributed by atoms with Crippen molar-refractivity contribution in [2.75, 3.05) is 39.3 Å². The molecule has 24 heavy (non-hydrogen) atoms. The van der Waals surface area contributed by atoms with Gasteiger partial charge in [-0.25, -0.2) is 0 Å². The fourth-order valence-electron chi connectivity index (χ4n) is 3.48. The van der Waals surface area contributed by atoms with E-state index in [1.807, 2.05) is 6.92 Å². The van der Waals surface area contributed by atoms with Crippen LogP contribution in [0.15, 0.2) is 30.3 Å². The number of nitrogens with one attached hydrogen (secondary N) is 1. The monoisotopic (exact) mass is 331 g/mol.